The molecular weight excluding hydrogens is 460 g/mol. The Labute approximate surface area is 191 Å². The number of hydrogen-bond acceptors (Lipinski definition) is 7. The number of pyridine rings is 1. The van der Waals surface area contributed by atoms with Crippen molar-refractivity contribution in [1.82, 2.24) is 20.4 Å². The second-order valence-corrected chi connectivity index (χ2v) is 7.84. The molecule has 3 aromatic rings. The summed E-state index contributed by atoms with van der Waals surface area (Å²) in [5, 5.41) is 6.46. The number of aryl methyl sites for hydroxylation is 1. The fourth-order valence-electron chi connectivity index (χ4n) is 3.44. The van der Waals surface area contributed by atoms with E-state index in [-0.39, 0.29) is 58.7 Å². The van der Waals surface area contributed by atoms with E-state index in [0.717, 1.165) is 6.07 Å². The molecule has 3 heterocycles. The predicted molar refractivity (Wildman–Crippen MR) is 112 cm³/mol. The Morgan fingerprint density at radius 3 is 2.67 bits per heavy atom. The number of carbonyl (C=O) groups excluding carboxylic acids is 2. The van der Waals surface area contributed by atoms with Crippen LogP contribution in [0.25, 0.3) is 22.5 Å². The average molecular weight is 478 g/mol. The molecule has 0 bridgehead atoms. The largest absolute Gasteiger partial charge is 0.367 e. The van der Waals surface area contributed by atoms with Crippen LogP contribution in [0.15, 0.2) is 28.9 Å². The average Bonchev–Trinajstić information content (AvgIpc) is 3.13. The first-order valence-corrected chi connectivity index (χ1v) is 10.3. The zero-order valence-corrected chi connectivity index (χ0v) is 18.0. The molecule has 2 amide bonds. The number of ether oxygens (including phenoxy) is 1. The number of amides is 2. The van der Waals surface area contributed by atoms with Crippen molar-refractivity contribution in [1.29, 1.82) is 0 Å². The second kappa shape index (κ2) is 9.20. The van der Waals surface area contributed by atoms with E-state index in [4.69, 9.17) is 26.6 Å². The third-order valence-electron chi connectivity index (χ3n) is 5.13. The molecule has 1 aromatic carbocycles. The fourth-order valence-corrected chi connectivity index (χ4v) is 3.65. The van der Waals surface area contributed by atoms with Gasteiger partial charge in [-0.2, -0.15) is 4.98 Å². The molecule has 0 radical (unpaired) electrons. The summed E-state index contributed by atoms with van der Waals surface area (Å²) in [5.74, 6) is -2.89. The van der Waals surface area contributed by atoms with E-state index in [2.05, 4.69) is 20.4 Å². The molecule has 0 saturated carbocycles. The Morgan fingerprint density at radius 2 is 2.06 bits per heavy atom. The molecule has 0 spiro atoms. The van der Waals surface area contributed by atoms with Gasteiger partial charge in [0.25, 0.3) is 0 Å². The minimum atomic E-state index is -0.950. The quantitative estimate of drug-likeness (QED) is 0.532. The molecule has 4 rings (SSSR count). The number of carbonyl (C=O) groups is 2. The van der Waals surface area contributed by atoms with E-state index in [0.29, 0.717) is 0 Å². The molecule has 0 aliphatic carbocycles. The normalized spacial score (nSPS) is 17.5. The Balaban J connectivity index is 1.50. The van der Waals surface area contributed by atoms with E-state index in [1.165, 1.54) is 18.3 Å². The van der Waals surface area contributed by atoms with Gasteiger partial charge in [0.2, 0.25) is 23.5 Å². The molecule has 12 heteroatoms. The summed E-state index contributed by atoms with van der Waals surface area (Å²) < 4.78 is 39.4. The predicted octanol–water partition coefficient (Wildman–Crippen LogP) is 2.20. The molecule has 3 N–H and O–H groups in total. The number of rotatable bonds is 7. The Bertz CT molecular complexity index is 1240. The van der Waals surface area contributed by atoms with Crippen molar-refractivity contribution in [3.63, 3.8) is 0 Å². The maximum absolute atomic E-state index is 14.8. The highest BCUT2D eigenvalue weighted by atomic mass is 35.5. The first kappa shape index (κ1) is 22.7. The monoisotopic (exact) mass is 477 g/mol. The summed E-state index contributed by atoms with van der Waals surface area (Å²) in [6, 6.07) is 3.75. The van der Waals surface area contributed by atoms with Gasteiger partial charge in [-0.15, -0.1) is 0 Å². The second-order valence-electron chi connectivity index (χ2n) is 7.40. The SMILES string of the molecule is Cc1nc(-c2c(F)cc(Cl)cc2-c2cnc(CCNC(=O)C3CO[C@H]3C(N)=O)c(F)c2)no1. The van der Waals surface area contributed by atoms with Gasteiger partial charge in [-0.25, -0.2) is 8.78 Å². The lowest BCUT2D eigenvalue weighted by atomic mass is 9.96. The van der Waals surface area contributed by atoms with Crippen LogP contribution >= 0.6 is 11.6 Å². The highest BCUT2D eigenvalue weighted by molar-refractivity contribution is 6.31. The lowest BCUT2D eigenvalue weighted by Crippen LogP contribution is -2.55. The number of benzene rings is 1. The van der Waals surface area contributed by atoms with Gasteiger partial charge in [0.1, 0.15) is 17.7 Å². The minimum Gasteiger partial charge on any atom is -0.367 e. The number of nitrogens with two attached hydrogens (primary N) is 1. The molecule has 2 aromatic heterocycles. The maximum atomic E-state index is 14.8. The third kappa shape index (κ3) is 4.69. The zero-order valence-electron chi connectivity index (χ0n) is 17.3. The van der Waals surface area contributed by atoms with Crippen molar-refractivity contribution < 1.29 is 27.6 Å². The van der Waals surface area contributed by atoms with Crippen LogP contribution in [0.3, 0.4) is 0 Å². The standard InChI is InChI=1S/C21H18ClF2N5O4/c1-9-28-20(29-33-9)17-12(5-11(22)6-15(17)24)10-4-14(23)16(27-7-10)2-3-26-21(31)13-8-32-18(13)19(25)30/h4-7,13,18H,2-3,8H2,1H3,(H2,25,30)(H,26,31)/t13?,18-/m1/s1. The van der Waals surface area contributed by atoms with Gasteiger partial charge in [-0.1, -0.05) is 16.8 Å². The summed E-state index contributed by atoms with van der Waals surface area (Å²) >= 11 is 6.01. The van der Waals surface area contributed by atoms with Crippen molar-refractivity contribution in [2.75, 3.05) is 13.2 Å². The molecular formula is C21H18ClF2N5O4. The highest BCUT2D eigenvalue weighted by Gasteiger charge is 2.41. The van der Waals surface area contributed by atoms with Crippen LogP contribution in [0.2, 0.25) is 5.02 Å². The van der Waals surface area contributed by atoms with E-state index < -0.39 is 35.5 Å². The van der Waals surface area contributed by atoms with E-state index in [1.54, 1.807) is 6.92 Å². The molecule has 33 heavy (non-hydrogen) atoms. The lowest BCUT2D eigenvalue weighted by molar-refractivity contribution is -0.167. The van der Waals surface area contributed by atoms with Crippen LogP contribution in [-0.2, 0) is 20.7 Å². The van der Waals surface area contributed by atoms with Gasteiger partial charge >= 0.3 is 0 Å². The topological polar surface area (TPSA) is 133 Å². The molecule has 1 aliphatic rings. The lowest BCUT2D eigenvalue weighted by Gasteiger charge is -2.33. The molecule has 9 nitrogen and oxygen atoms in total. The molecule has 1 unspecified atom stereocenters. The summed E-state index contributed by atoms with van der Waals surface area (Å²) in [5.41, 5.74) is 5.75. The Morgan fingerprint density at radius 1 is 1.27 bits per heavy atom. The van der Waals surface area contributed by atoms with E-state index in [9.17, 15) is 18.4 Å². The number of aromatic nitrogens is 3. The first-order valence-electron chi connectivity index (χ1n) is 9.87. The van der Waals surface area contributed by atoms with Crippen molar-refractivity contribution in [2.45, 2.75) is 19.4 Å². The van der Waals surface area contributed by atoms with Gasteiger partial charge in [-0.05, 0) is 23.8 Å². The van der Waals surface area contributed by atoms with Crippen molar-refractivity contribution in [3.8, 4) is 22.5 Å². The molecule has 172 valence electrons. The summed E-state index contributed by atoms with van der Waals surface area (Å²) in [6.07, 6.45) is 0.507. The van der Waals surface area contributed by atoms with Gasteiger partial charge < -0.3 is 20.3 Å². The summed E-state index contributed by atoms with van der Waals surface area (Å²) in [4.78, 5) is 31.4. The van der Waals surface area contributed by atoms with Crippen LogP contribution in [0.4, 0.5) is 8.78 Å². The number of halogens is 3. The van der Waals surface area contributed by atoms with Crippen LogP contribution in [0, 0.1) is 24.5 Å². The van der Waals surface area contributed by atoms with Crippen LogP contribution in [0.1, 0.15) is 11.6 Å². The number of primary amides is 1. The Hall–Kier alpha value is -3.44. The third-order valence-corrected chi connectivity index (χ3v) is 5.35. The number of nitrogens with zero attached hydrogens (tertiary/aromatic N) is 3. The van der Waals surface area contributed by atoms with E-state index in [1.807, 2.05) is 0 Å². The zero-order chi connectivity index (χ0) is 23.7. The van der Waals surface area contributed by atoms with Gasteiger partial charge in [0, 0.05) is 36.7 Å². The van der Waals surface area contributed by atoms with Crippen molar-refractivity contribution in [3.05, 3.63) is 52.6 Å². The van der Waals surface area contributed by atoms with Crippen LogP contribution < -0.4 is 11.1 Å². The van der Waals surface area contributed by atoms with Gasteiger partial charge in [-0.3, -0.25) is 14.6 Å². The van der Waals surface area contributed by atoms with Crippen LogP contribution in [0.5, 0.6) is 0 Å². The first-order chi connectivity index (χ1) is 15.7. The maximum Gasteiger partial charge on any atom is 0.247 e. The van der Waals surface area contributed by atoms with E-state index >= 15 is 0 Å². The molecule has 2 atom stereocenters. The van der Waals surface area contributed by atoms with Crippen molar-refractivity contribution >= 4 is 23.4 Å². The minimum absolute atomic E-state index is 0.00176. The van der Waals surface area contributed by atoms with Crippen molar-refractivity contribution in [2.24, 2.45) is 11.7 Å². The van der Waals surface area contributed by atoms with Gasteiger partial charge in [0.15, 0.2) is 0 Å². The van der Waals surface area contributed by atoms with Gasteiger partial charge in [0.05, 0.1) is 23.8 Å². The summed E-state index contributed by atoms with van der Waals surface area (Å²) in [6.45, 7) is 1.74. The fraction of sp³-hybridized carbons (Fsp3) is 0.286. The summed E-state index contributed by atoms with van der Waals surface area (Å²) in [7, 11) is 0. The smallest absolute Gasteiger partial charge is 0.247 e. The molecule has 1 aliphatic heterocycles. The Kier molecular flexibility index (Phi) is 6.34. The van der Waals surface area contributed by atoms with Crippen LogP contribution in [-0.4, -0.2) is 46.2 Å². The highest BCUT2D eigenvalue weighted by Crippen LogP contribution is 2.35. The molecule has 1 saturated heterocycles. The number of nitrogens with one attached hydrogen (secondary N) is 1. The number of hydrogen-bond donors (Lipinski definition) is 2. The molecule has 1 fully saturated rings.